The molecule has 108 valence electrons. The van der Waals surface area contributed by atoms with Gasteiger partial charge >= 0.3 is 6.18 Å². The van der Waals surface area contributed by atoms with E-state index in [1.165, 1.54) is 0 Å². The van der Waals surface area contributed by atoms with Crippen LogP contribution in [0.25, 0.3) is 0 Å². The van der Waals surface area contributed by atoms with Crippen molar-refractivity contribution in [2.45, 2.75) is 31.5 Å². The van der Waals surface area contributed by atoms with Crippen molar-refractivity contribution < 1.29 is 17.9 Å². The van der Waals surface area contributed by atoms with Crippen molar-refractivity contribution in [3.05, 3.63) is 34.3 Å². The van der Waals surface area contributed by atoms with Crippen molar-refractivity contribution in [1.29, 1.82) is 0 Å². The molecular formula is C13H17BrF3NO. The number of halogens is 4. The number of benzene rings is 1. The van der Waals surface area contributed by atoms with Crippen LogP contribution in [0.2, 0.25) is 0 Å². The van der Waals surface area contributed by atoms with Gasteiger partial charge in [-0.2, -0.15) is 13.2 Å². The van der Waals surface area contributed by atoms with Gasteiger partial charge in [-0.1, -0.05) is 28.1 Å². The highest BCUT2D eigenvalue weighted by atomic mass is 79.9. The van der Waals surface area contributed by atoms with Crippen molar-refractivity contribution in [3.8, 4) is 0 Å². The van der Waals surface area contributed by atoms with Gasteiger partial charge in [-0.05, 0) is 37.0 Å². The topological polar surface area (TPSA) is 35.2 Å². The number of ether oxygens (including phenoxy) is 1. The Bertz CT molecular complexity index is 367. The summed E-state index contributed by atoms with van der Waals surface area (Å²) >= 11 is 3.35. The molecule has 0 heterocycles. The largest absolute Gasteiger partial charge is 0.411 e. The number of alkyl halides is 3. The number of rotatable bonds is 7. The van der Waals surface area contributed by atoms with Crippen LogP contribution in [0.15, 0.2) is 28.7 Å². The van der Waals surface area contributed by atoms with E-state index >= 15 is 0 Å². The fourth-order valence-electron chi connectivity index (χ4n) is 1.66. The minimum absolute atomic E-state index is 0.0596. The van der Waals surface area contributed by atoms with Crippen LogP contribution >= 0.6 is 15.9 Å². The van der Waals surface area contributed by atoms with Crippen LogP contribution in [0.3, 0.4) is 0 Å². The Balaban J connectivity index is 2.14. The lowest BCUT2D eigenvalue weighted by Crippen LogP contribution is -2.24. The predicted molar refractivity (Wildman–Crippen MR) is 71.9 cm³/mol. The van der Waals surface area contributed by atoms with Crippen molar-refractivity contribution in [1.82, 2.24) is 0 Å². The maximum Gasteiger partial charge on any atom is 0.411 e. The molecule has 0 spiro atoms. The summed E-state index contributed by atoms with van der Waals surface area (Å²) in [6.45, 7) is -1.09. The summed E-state index contributed by atoms with van der Waals surface area (Å²) in [5.41, 5.74) is 7.04. The molecule has 2 N–H and O–H groups in total. The van der Waals surface area contributed by atoms with Crippen LogP contribution in [0.4, 0.5) is 13.2 Å². The van der Waals surface area contributed by atoms with E-state index in [-0.39, 0.29) is 12.6 Å². The summed E-state index contributed by atoms with van der Waals surface area (Å²) in [6.07, 6.45) is -2.35. The molecule has 0 aromatic heterocycles. The van der Waals surface area contributed by atoms with Crippen molar-refractivity contribution in [2.75, 3.05) is 13.2 Å². The summed E-state index contributed by atoms with van der Waals surface area (Å²) in [6, 6.07) is 7.77. The van der Waals surface area contributed by atoms with E-state index in [1.54, 1.807) is 0 Å². The highest BCUT2D eigenvalue weighted by molar-refractivity contribution is 9.10. The summed E-state index contributed by atoms with van der Waals surface area (Å²) < 4.78 is 41.0. The molecule has 0 aliphatic rings. The van der Waals surface area contributed by atoms with Crippen LogP contribution in [0.5, 0.6) is 0 Å². The van der Waals surface area contributed by atoms with Crippen LogP contribution < -0.4 is 5.73 Å². The average molecular weight is 340 g/mol. The van der Waals surface area contributed by atoms with Gasteiger partial charge in [0, 0.05) is 17.1 Å². The summed E-state index contributed by atoms with van der Waals surface area (Å²) in [7, 11) is 0. The van der Waals surface area contributed by atoms with E-state index in [0.717, 1.165) is 10.0 Å². The molecule has 0 aliphatic carbocycles. The van der Waals surface area contributed by atoms with E-state index in [0.29, 0.717) is 19.3 Å². The van der Waals surface area contributed by atoms with Crippen LogP contribution in [-0.4, -0.2) is 25.4 Å². The SMILES string of the molecule is NC(CCCOCC(F)(F)F)Cc1ccc(Br)cc1. The smallest absolute Gasteiger partial charge is 0.372 e. The number of hydrogen-bond acceptors (Lipinski definition) is 2. The molecule has 0 saturated carbocycles. The summed E-state index contributed by atoms with van der Waals surface area (Å²) in [5.74, 6) is 0. The van der Waals surface area contributed by atoms with Gasteiger partial charge < -0.3 is 10.5 Å². The second-order valence-electron chi connectivity index (χ2n) is 4.40. The van der Waals surface area contributed by atoms with Crippen LogP contribution in [0, 0.1) is 0 Å². The van der Waals surface area contributed by atoms with Crippen molar-refractivity contribution in [2.24, 2.45) is 5.73 Å². The lowest BCUT2D eigenvalue weighted by atomic mass is 10.0. The Morgan fingerprint density at radius 1 is 1.21 bits per heavy atom. The van der Waals surface area contributed by atoms with E-state index < -0.39 is 12.8 Å². The average Bonchev–Trinajstić information content (AvgIpc) is 2.30. The monoisotopic (exact) mass is 339 g/mol. The molecule has 6 heteroatoms. The fourth-order valence-corrected chi connectivity index (χ4v) is 1.93. The Morgan fingerprint density at radius 3 is 2.42 bits per heavy atom. The van der Waals surface area contributed by atoms with Gasteiger partial charge in [-0.15, -0.1) is 0 Å². The molecule has 1 rings (SSSR count). The van der Waals surface area contributed by atoms with Gasteiger partial charge in [0.25, 0.3) is 0 Å². The van der Waals surface area contributed by atoms with Crippen molar-refractivity contribution in [3.63, 3.8) is 0 Å². The Kier molecular flexibility index (Phi) is 6.82. The first-order chi connectivity index (χ1) is 8.87. The fraction of sp³-hybridized carbons (Fsp3) is 0.538. The van der Waals surface area contributed by atoms with Gasteiger partial charge in [-0.3, -0.25) is 0 Å². The molecule has 1 unspecified atom stereocenters. The Hall–Kier alpha value is -0.590. The predicted octanol–water partition coefficient (Wildman–Crippen LogP) is 3.68. The van der Waals surface area contributed by atoms with Crippen LogP contribution in [0.1, 0.15) is 18.4 Å². The maximum atomic E-state index is 11.8. The van der Waals surface area contributed by atoms with Gasteiger partial charge in [0.1, 0.15) is 6.61 Å². The minimum atomic E-state index is -4.25. The highest BCUT2D eigenvalue weighted by Gasteiger charge is 2.27. The van der Waals surface area contributed by atoms with Gasteiger partial charge in [0.05, 0.1) is 0 Å². The third-order valence-electron chi connectivity index (χ3n) is 2.54. The second kappa shape index (κ2) is 7.87. The second-order valence-corrected chi connectivity index (χ2v) is 5.32. The summed E-state index contributed by atoms with van der Waals surface area (Å²) in [5, 5.41) is 0. The lowest BCUT2D eigenvalue weighted by Gasteiger charge is -2.12. The Morgan fingerprint density at radius 2 is 1.84 bits per heavy atom. The zero-order valence-electron chi connectivity index (χ0n) is 10.4. The van der Waals surface area contributed by atoms with E-state index in [1.807, 2.05) is 24.3 Å². The summed E-state index contributed by atoms with van der Waals surface area (Å²) in [4.78, 5) is 0. The first kappa shape index (κ1) is 16.5. The maximum absolute atomic E-state index is 11.8. The molecule has 19 heavy (non-hydrogen) atoms. The molecule has 1 aromatic carbocycles. The number of hydrogen-bond donors (Lipinski definition) is 1. The van der Waals surface area contributed by atoms with E-state index in [2.05, 4.69) is 20.7 Å². The Labute approximate surface area is 119 Å². The molecule has 1 aromatic rings. The molecular weight excluding hydrogens is 323 g/mol. The first-order valence-electron chi connectivity index (χ1n) is 6.01. The third kappa shape index (κ3) is 8.23. The number of nitrogens with two attached hydrogens (primary N) is 1. The normalized spacial score (nSPS) is 13.5. The van der Waals surface area contributed by atoms with E-state index in [4.69, 9.17) is 5.73 Å². The standard InChI is InChI=1S/C13H17BrF3NO/c14-11-5-3-10(4-6-11)8-12(18)2-1-7-19-9-13(15,16)17/h3-6,12H,1-2,7-9,18H2. The molecule has 0 saturated heterocycles. The quantitative estimate of drug-likeness (QED) is 0.769. The molecule has 1 atom stereocenters. The molecule has 0 fully saturated rings. The van der Waals surface area contributed by atoms with Gasteiger partial charge in [0.15, 0.2) is 0 Å². The zero-order valence-corrected chi connectivity index (χ0v) is 12.0. The lowest BCUT2D eigenvalue weighted by molar-refractivity contribution is -0.174. The molecule has 0 radical (unpaired) electrons. The highest BCUT2D eigenvalue weighted by Crippen LogP contribution is 2.15. The van der Waals surface area contributed by atoms with Crippen LogP contribution in [-0.2, 0) is 11.2 Å². The zero-order chi connectivity index (χ0) is 14.3. The molecule has 2 nitrogen and oxygen atoms in total. The molecule has 0 amide bonds. The molecule has 0 aliphatic heterocycles. The molecule has 0 bridgehead atoms. The van der Waals surface area contributed by atoms with E-state index in [9.17, 15) is 13.2 Å². The first-order valence-corrected chi connectivity index (χ1v) is 6.80. The third-order valence-corrected chi connectivity index (χ3v) is 3.07. The van der Waals surface area contributed by atoms with Gasteiger partial charge in [-0.25, -0.2) is 0 Å². The van der Waals surface area contributed by atoms with Crippen molar-refractivity contribution >= 4 is 15.9 Å². The minimum Gasteiger partial charge on any atom is -0.372 e. The van der Waals surface area contributed by atoms with Gasteiger partial charge in [0.2, 0.25) is 0 Å².